The SMILES string of the molecule is CCn1nc(C)c2nc(C(C)C)nc(N3CCC(C(=O)NC(C)C)CC3)c21. The molecule has 0 saturated carbocycles. The van der Waals surface area contributed by atoms with E-state index in [2.05, 4.69) is 36.1 Å². The maximum atomic E-state index is 12.3. The van der Waals surface area contributed by atoms with Crippen LogP contribution in [-0.2, 0) is 11.3 Å². The maximum absolute atomic E-state index is 12.3. The number of carbonyl (C=O) groups is 1. The van der Waals surface area contributed by atoms with Gasteiger partial charge in [-0.25, -0.2) is 9.97 Å². The molecule has 148 valence electrons. The van der Waals surface area contributed by atoms with Gasteiger partial charge in [0.05, 0.1) is 5.69 Å². The summed E-state index contributed by atoms with van der Waals surface area (Å²) >= 11 is 0. The van der Waals surface area contributed by atoms with Crippen LogP contribution in [0.25, 0.3) is 11.0 Å². The van der Waals surface area contributed by atoms with Crippen molar-refractivity contribution in [3.05, 3.63) is 11.5 Å². The molecule has 1 N–H and O–H groups in total. The van der Waals surface area contributed by atoms with Crippen molar-refractivity contribution in [2.24, 2.45) is 5.92 Å². The minimum Gasteiger partial charge on any atom is -0.355 e. The number of aryl methyl sites for hydroxylation is 2. The van der Waals surface area contributed by atoms with Crippen LogP contribution in [0.1, 0.15) is 64.9 Å². The van der Waals surface area contributed by atoms with Gasteiger partial charge in [0, 0.05) is 37.5 Å². The number of aromatic nitrogens is 4. The number of hydrogen-bond acceptors (Lipinski definition) is 5. The second kappa shape index (κ2) is 7.82. The van der Waals surface area contributed by atoms with E-state index >= 15 is 0 Å². The van der Waals surface area contributed by atoms with E-state index in [1.165, 1.54) is 0 Å². The highest BCUT2D eigenvalue weighted by Gasteiger charge is 2.28. The number of rotatable bonds is 5. The molecular weight excluding hydrogens is 340 g/mol. The molecule has 0 aromatic carbocycles. The Kier molecular flexibility index (Phi) is 5.67. The number of nitrogens with zero attached hydrogens (tertiary/aromatic N) is 5. The van der Waals surface area contributed by atoms with Gasteiger partial charge >= 0.3 is 0 Å². The van der Waals surface area contributed by atoms with Crippen molar-refractivity contribution in [3.63, 3.8) is 0 Å². The summed E-state index contributed by atoms with van der Waals surface area (Å²) in [5.74, 6) is 2.34. The summed E-state index contributed by atoms with van der Waals surface area (Å²) in [5, 5.41) is 7.71. The van der Waals surface area contributed by atoms with Crippen molar-refractivity contribution in [2.45, 2.75) is 72.9 Å². The number of anilines is 1. The highest BCUT2D eigenvalue weighted by atomic mass is 16.1. The molecule has 0 radical (unpaired) electrons. The first-order valence-corrected chi connectivity index (χ1v) is 10.1. The molecule has 2 aromatic rings. The Morgan fingerprint density at radius 3 is 2.41 bits per heavy atom. The average Bonchev–Trinajstić information content (AvgIpc) is 2.96. The molecular formula is C20H32N6O. The highest BCUT2D eigenvalue weighted by Crippen LogP contribution is 2.31. The quantitative estimate of drug-likeness (QED) is 0.873. The van der Waals surface area contributed by atoms with Gasteiger partial charge in [-0.1, -0.05) is 13.8 Å². The first-order chi connectivity index (χ1) is 12.8. The summed E-state index contributed by atoms with van der Waals surface area (Å²) in [6.07, 6.45) is 1.70. The number of amides is 1. The van der Waals surface area contributed by atoms with Crippen LogP contribution in [-0.4, -0.2) is 44.8 Å². The first-order valence-electron chi connectivity index (χ1n) is 10.1. The van der Waals surface area contributed by atoms with Crippen LogP contribution in [0.2, 0.25) is 0 Å². The zero-order valence-electron chi connectivity index (χ0n) is 17.4. The summed E-state index contributed by atoms with van der Waals surface area (Å²) < 4.78 is 2.00. The predicted molar refractivity (Wildman–Crippen MR) is 108 cm³/mol. The lowest BCUT2D eigenvalue weighted by molar-refractivity contribution is -0.126. The molecule has 7 nitrogen and oxygen atoms in total. The molecule has 3 rings (SSSR count). The molecule has 7 heteroatoms. The fourth-order valence-corrected chi connectivity index (χ4v) is 3.69. The Morgan fingerprint density at radius 1 is 1.19 bits per heavy atom. The molecule has 1 saturated heterocycles. The van der Waals surface area contributed by atoms with Crippen LogP contribution in [0.4, 0.5) is 5.82 Å². The second-order valence-corrected chi connectivity index (χ2v) is 8.08. The van der Waals surface area contributed by atoms with Gasteiger partial charge in [0.1, 0.15) is 16.9 Å². The van der Waals surface area contributed by atoms with Gasteiger partial charge in [-0.15, -0.1) is 0 Å². The smallest absolute Gasteiger partial charge is 0.223 e. The number of carbonyl (C=O) groups excluding carboxylic acids is 1. The summed E-state index contributed by atoms with van der Waals surface area (Å²) in [5.41, 5.74) is 2.92. The van der Waals surface area contributed by atoms with E-state index in [9.17, 15) is 4.79 Å². The zero-order chi connectivity index (χ0) is 19.7. The molecule has 0 unspecified atom stereocenters. The van der Waals surface area contributed by atoms with E-state index in [-0.39, 0.29) is 23.8 Å². The van der Waals surface area contributed by atoms with Crippen molar-refractivity contribution < 1.29 is 4.79 Å². The first kappa shape index (κ1) is 19.6. The van der Waals surface area contributed by atoms with Crippen LogP contribution >= 0.6 is 0 Å². The van der Waals surface area contributed by atoms with Gasteiger partial charge in [-0.3, -0.25) is 9.48 Å². The molecule has 27 heavy (non-hydrogen) atoms. The average molecular weight is 373 g/mol. The highest BCUT2D eigenvalue weighted by molar-refractivity contribution is 5.88. The molecule has 2 aromatic heterocycles. The number of piperidine rings is 1. The van der Waals surface area contributed by atoms with Gasteiger partial charge < -0.3 is 10.2 Å². The lowest BCUT2D eigenvalue weighted by Gasteiger charge is -2.33. The Labute approximate surface area is 161 Å². The second-order valence-electron chi connectivity index (χ2n) is 8.08. The molecule has 0 bridgehead atoms. The van der Waals surface area contributed by atoms with E-state index in [4.69, 9.17) is 9.97 Å². The topological polar surface area (TPSA) is 75.9 Å². The summed E-state index contributed by atoms with van der Waals surface area (Å²) in [7, 11) is 0. The molecule has 0 aliphatic carbocycles. The lowest BCUT2D eigenvalue weighted by atomic mass is 9.95. The van der Waals surface area contributed by atoms with Crippen molar-refractivity contribution >= 4 is 22.8 Å². The summed E-state index contributed by atoms with van der Waals surface area (Å²) in [4.78, 5) is 24.4. The Balaban J connectivity index is 1.91. The van der Waals surface area contributed by atoms with Crippen molar-refractivity contribution in [1.29, 1.82) is 0 Å². The van der Waals surface area contributed by atoms with Crippen LogP contribution in [0, 0.1) is 12.8 Å². The predicted octanol–water partition coefficient (Wildman–Crippen LogP) is 3.02. The molecule has 0 spiro atoms. The fourth-order valence-electron chi connectivity index (χ4n) is 3.69. The molecule has 1 amide bonds. The minimum atomic E-state index is 0.0865. The Morgan fingerprint density at radius 2 is 1.85 bits per heavy atom. The molecule has 1 aliphatic rings. The van der Waals surface area contributed by atoms with Crippen molar-refractivity contribution in [1.82, 2.24) is 25.1 Å². The van der Waals surface area contributed by atoms with Crippen LogP contribution in [0.15, 0.2) is 0 Å². The van der Waals surface area contributed by atoms with E-state index in [0.717, 1.165) is 60.8 Å². The van der Waals surface area contributed by atoms with Crippen LogP contribution in [0.3, 0.4) is 0 Å². The molecule has 3 heterocycles. The van der Waals surface area contributed by atoms with Gasteiger partial charge in [-0.2, -0.15) is 5.10 Å². The number of nitrogens with one attached hydrogen (secondary N) is 1. The normalized spacial score (nSPS) is 15.9. The molecule has 0 atom stereocenters. The Bertz CT molecular complexity index is 817. The van der Waals surface area contributed by atoms with Gasteiger partial charge in [0.25, 0.3) is 0 Å². The third-order valence-corrected chi connectivity index (χ3v) is 5.17. The maximum Gasteiger partial charge on any atom is 0.223 e. The van der Waals surface area contributed by atoms with E-state index in [1.807, 2.05) is 25.5 Å². The standard InChI is InChI=1S/C20H32N6O/c1-7-26-17-16(14(6)24-26)22-18(12(2)3)23-19(17)25-10-8-15(9-11-25)20(27)21-13(4)5/h12-13,15H,7-11H2,1-6H3,(H,21,27). The van der Waals surface area contributed by atoms with E-state index in [0.29, 0.717) is 0 Å². The van der Waals surface area contributed by atoms with Crippen LogP contribution in [0.5, 0.6) is 0 Å². The largest absolute Gasteiger partial charge is 0.355 e. The van der Waals surface area contributed by atoms with Gasteiger partial charge in [0.15, 0.2) is 5.82 Å². The number of fused-ring (bicyclic) bond motifs is 1. The Hall–Kier alpha value is -2.18. The minimum absolute atomic E-state index is 0.0865. The monoisotopic (exact) mass is 372 g/mol. The summed E-state index contributed by atoms with van der Waals surface area (Å²) in [6, 6.07) is 0.187. The summed E-state index contributed by atoms with van der Waals surface area (Å²) in [6.45, 7) is 14.8. The van der Waals surface area contributed by atoms with Crippen molar-refractivity contribution in [2.75, 3.05) is 18.0 Å². The number of hydrogen-bond donors (Lipinski definition) is 1. The molecule has 1 fully saturated rings. The molecule has 1 aliphatic heterocycles. The fraction of sp³-hybridized carbons (Fsp3) is 0.700. The zero-order valence-corrected chi connectivity index (χ0v) is 17.4. The third kappa shape index (κ3) is 3.92. The van der Waals surface area contributed by atoms with Gasteiger partial charge in [-0.05, 0) is 40.5 Å². The lowest BCUT2D eigenvalue weighted by Crippen LogP contribution is -2.42. The van der Waals surface area contributed by atoms with E-state index in [1.54, 1.807) is 0 Å². The van der Waals surface area contributed by atoms with E-state index < -0.39 is 0 Å². The van der Waals surface area contributed by atoms with Gasteiger partial charge in [0.2, 0.25) is 5.91 Å². The van der Waals surface area contributed by atoms with Crippen molar-refractivity contribution in [3.8, 4) is 0 Å². The van der Waals surface area contributed by atoms with Crippen LogP contribution < -0.4 is 10.2 Å². The third-order valence-electron chi connectivity index (χ3n) is 5.17.